The number of hydrogen-bond donors (Lipinski definition) is 1. The van der Waals surface area contributed by atoms with Crippen LogP contribution in [0.25, 0.3) is 10.9 Å². The lowest BCUT2D eigenvalue weighted by molar-refractivity contribution is -0.142. The smallest absolute Gasteiger partial charge is 0.320 e. The number of aromatic nitrogens is 1. The Hall–Kier alpha value is -2.92. The summed E-state index contributed by atoms with van der Waals surface area (Å²) in [6.45, 7) is 3.32. The van der Waals surface area contributed by atoms with Crippen molar-refractivity contribution in [2.45, 2.75) is 31.8 Å². The quantitative estimate of drug-likeness (QED) is 0.696. The van der Waals surface area contributed by atoms with Gasteiger partial charge in [0.25, 0.3) is 0 Å². The number of benzene rings is 2. The molecule has 0 amide bonds. The highest BCUT2D eigenvalue weighted by Gasteiger charge is 2.37. The maximum Gasteiger partial charge on any atom is 0.320 e. The predicted octanol–water partition coefficient (Wildman–Crippen LogP) is 4.27. The van der Waals surface area contributed by atoms with Crippen molar-refractivity contribution in [1.82, 2.24) is 9.88 Å². The minimum atomic E-state index is -0.762. The van der Waals surface area contributed by atoms with E-state index < -0.39 is 12.0 Å². The molecule has 2 unspecified atom stereocenters. The van der Waals surface area contributed by atoms with Gasteiger partial charge in [-0.1, -0.05) is 30.3 Å². The van der Waals surface area contributed by atoms with E-state index in [0.717, 1.165) is 40.7 Å². The second-order valence-corrected chi connectivity index (χ2v) is 7.10. The minimum absolute atomic E-state index is 0.156. The molecule has 3 aromatic rings. The molecular weight excluding hydrogens is 352 g/mol. The van der Waals surface area contributed by atoms with Crippen LogP contribution in [0.2, 0.25) is 0 Å². The molecule has 5 heteroatoms. The molecule has 1 fully saturated rings. The molecule has 1 saturated heterocycles. The van der Waals surface area contributed by atoms with Crippen molar-refractivity contribution < 1.29 is 14.6 Å². The molecular formula is C23H24N2O3. The largest absolute Gasteiger partial charge is 0.494 e. The van der Waals surface area contributed by atoms with E-state index in [9.17, 15) is 9.90 Å². The summed E-state index contributed by atoms with van der Waals surface area (Å²) in [4.78, 5) is 18.6. The second-order valence-electron chi connectivity index (χ2n) is 7.10. The van der Waals surface area contributed by atoms with E-state index in [-0.39, 0.29) is 6.04 Å². The number of carboxylic acids is 1. The standard InChI is InChI=1S/C23H24N2O3/c1-2-28-19-11-9-16(10-12-19)22(25-13-5-8-21(25)23(26)27)18-14-17-6-3-4-7-20(17)24-15-18/h3-4,6-7,9-12,14-15,21-22H,2,5,8,13H2,1H3,(H,26,27). The molecule has 5 nitrogen and oxygen atoms in total. The van der Waals surface area contributed by atoms with E-state index in [1.807, 2.05) is 61.7 Å². The monoisotopic (exact) mass is 376 g/mol. The Morgan fingerprint density at radius 3 is 2.75 bits per heavy atom. The SMILES string of the molecule is CCOc1ccc(C(c2cnc3ccccc3c2)N2CCCC2C(=O)O)cc1. The first-order valence-corrected chi connectivity index (χ1v) is 9.73. The zero-order chi connectivity index (χ0) is 19.5. The summed E-state index contributed by atoms with van der Waals surface area (Å²) in [6, 6.07) is 17.4. The van der Waals surface area contributed by atoms with Gasteiger partial charge in [-0.2, -0.15) is 0 Å². The normalized spacial score (nSPS) is 18.2. The molecule has 2 atom stereocenters. The van der Waals surface area contributed by atoms with Crippen molar-refractivity contribution in [3.05, 3.63) is 71.9 Å². The van der Waals surface area contributed by atoms with Gasteiger partial charge in [0.2, 0.25) is 0 Å². The lowest BCUT2D eigenvalue weighted by atomic mass is 9.96. The molecule has 2 aromatic carbocycles. The molecule has 1 N–H and O–H groups in total. The Bertz CT molecular complexity index is 971. The lowest BCUT2D eigenvalue weighted by Crippen LogP contribution is -2.39. The summed E-state index contributed by atoms with van der Waals surface area (Å²) in [5, 5.41) is 10.8. The molecule has 1 aliphatic heterocycles. The summed E-state index contributed by atoms with van der Waals surface area (Å²) in [7, 11) is 0. The van der Waals surface area contributed by atoms with Crippen molar-refractivity contribution >= 4 is 16.9 Å². The molecule has 1 aliphatic rings. The number of fused-ring (bicyclic) bond motifs is 1. The molecule has 0 aliphatic carbocycles. The second kappa shape index (κ2) is 7.98. The van der Waals surface area contributed by atoms with E-state index in [1.54, 1.807) is 0 Å². The fraction of sp³-hybridized carbons (Fsp3) is 0.304. The van der Waals surface area contributed by atoms with E-state index >= 15 is 0 Å². The van der Waals surface area contributed by atoms with Crippen molar-refractivity contribution in [3.63, 3.8) is 0 Å². The van der Waals surface area contributed by atoms with Crippen LogP contribution in [-0.2, 0) is 4.79 Å². The molecule has 28 heavy (non-hydrogen) atoms. The Morgan fingerprint density at radius 1 is 1.21 bits per heavy atom. The molecule has 4 rings (SSSR count). The first-order valence-electron chi connectivity index (χ1n) is 9.73. The number of pyridine rings is 1. The van der Waals surface area contributed by atoms with Gasteiger partial charge in [0, 0.05) is 18.1 Å². The Morgan fingerprint density at radius 2 is 2.00 bits per heavy atom. The third-order valence-electron chi connectivity index (χ3n) is 5.35. The highest BCUT2D eigenvalue weighted by Crippen LogP contribution is 2.36. The van der Waals surface area contributed by atoms with Crippen LogP contribution in [0, 0.1) is 0 Å². The number of aliphatic carboxylic acids is 1. The van der Waals surface area contributed by atoms with Crippen molar-refractivity contribution in [2.75, 3.05) is 13.2 Å². The van der Waals surface area contributed by atoms with Crippen LogP contribution in [0.3, 0.4) is 0 Å². The lowest BCUT2D eigenvalue weighted by Gasteiger charge is -2.32. The van der Waals surface area contributed by atoms with Gasteiger partial charge in [-0.3, -0.25) is 14.7 Å². The van der Waals surface area contributed by atoms with Crippen molar-refractivity contribution in [3.8, 4) is 5.75 Å². The zero-order valence-corrected chi connectivity index (χ0v) is 15.9. The topological polar surface area (TPSA) is 62.7 Å². The van der Waals surface area contributed by atoms with Crippen LogP contribution in [0.1, 0.15) is 36.9 Å². The molecule has 0 spiro atoms. The summed E-state index contributed by atoms with van der Waals surface area (Å²) in [5.74, 6) is 0.0556. The number of carboxylic acid groups (broad SMARTS) is 1. The predicted molar refractivity (Wildman–Crippen MR) is 109 cm³/mol. The first kappa shape index (κ1) is 18.4. The van der Waals surface area contributed by atoms with E-state index in [0.29, 0.717) is 13.0 Å². The van der Waals surface area contributed by atoms with Crippen LogP contribution < -0.4 is 4.74 Å². The Kier molecular flexibility index (Phi) is 5.26. The van der Waals surface area contributed by atoms with Gasteiger partial charge in [-0.05, 0) is 55.2 Å². The van der Waals surface area contributed by atoms with Crippen LogP contribution in [-0.4, -0.2) is 40.2 Å². The molecule has 1 aromatic heterocycles. The Labute approximate surface area is 164 Å². The van der Waals surface area contributed by atoms with Gasteiger partial charge >= 0.3 is 5.97 Å². The van der Waals surface area contributed by atoms with Gasteiger partial charge in [-0.15, -0.1) is 0 Å². The number of carbonyl (C=O) groups is 1. The fourth-order valence-electron chi connectivity index (χ4n) is 4.09. The Balaban J connectivity index is 1.79. The number of hydrogen-bond acceptors (Lipinski definition) is 4. The maximum atomic E-state index is 11.9. The van der Waals surface area contributed by atoms with E-state index in [1.165, 1.54) is 0 Å². The third kappa shape index (κ3) is 3.58. The highest BCUT2D eigenvalue weighted by atomic mass is 16.5. The average Bonchev–Trinajstić information content (AvgIpc) is 3.19. The zero-order valence-electron chi connectivity index (χ0n) is 15.9. The number of para-hydroxylation sites is 1. The van der Waals surface area contributed by atoms with Crippen LogP contribution in [0.5, 0.6) is 5.75 Å². The average molecular weight is 376 g/mol. The molecule has 144 valence electrons. The number of nitrogens with zero attached hydrogens (tertiary/aromatic N) is 2. The van der Waals surface area contributed by atoms with Crippen LogP contribution in [0.4, 0.5) is 0 Å². The van der Waals surface area contributed by atoms with Crippen molar-refractivity contribution in [2.24, 2.45) is 0 Å². The molecule has 0 radical (unpaired) electrons. The maximum absolute atomic E-state index is 11.9. The molecule has 2 heterocycles. The fourth-order valence-corrected chi connectivity index (χ4v) is 4.09. The summed E-state index contributed by atoms with van der Waals surface area (Å²) < 4.78 is 5.57. The summed E-state index contributed by atoms with van der Waals surface area (Å²) in [6.07, 6.45) is 3.43. The highest BCUT2D eigenvalue weighted by molar-refractivity contribution is 5.79. The van der Waals surface area contributed by atoms with Gasteiger partial charge < -0.3 is 9.84 Å². The van der Waals surface area contributed by atoms with Gasteiger partial charge in [0.05, 0.1) is 18.2 Å². The molecule has 0 saturated carbocycles. The van der Waals surface area contributed by atoms with Crippen LogP contribution in [0.15, 0.2) is 60.8 Å². The summed E-state index contributed by atoms with van der Waals surface area (Å²) >= 11 is 0. The molecule has 0 bridgehead atoms. The van der Waals surface area contributed by atoms with Gasteiger partial charge in [0.15, 0.2) is 0 Å². The van der Waals surface area contributed by atoms with E-state index in [2.05, 4.69) is 16.0 Å². The van der Waals surface area contributed by atoms with Crippen molar-refractivity contribution in [1.29, 1.82) is 0 Å². The van der Waals surface area contributed by atoms with E-state index in [4.69, 9.17) is 4.74 Å². The number of ether oxygens (including phenoxy) is 1. The number of rotatable bonds is 6. The summed E-state index contributed by atoms with van der Waals surface area (Å²) in [5.41, 5.74) is 3.00. The van der Waals surface area contributed by atoms with Gasteiger partial charge in [0.1, 0.15) is 11.8 Å². The first-order chi connectivity index (χ1) is 13.7. The van der Waals surface area contributed by atoms with Crippen LogP contribution >= 0.6 is 0 Å². The third-order valence-corrected chi connectivity index (χ3v) is 5.35. The number of likely N-dealkylation sites (tertiary alicyclic amines) is 1. The van der Waals surface area contributed by atoms with Gasteiger partial charge in [-0.25, -0.2) is 0 Å². The minimum Gasteiger partial charge on any atom is -0.494 e.